The first-order valence-corrected chi connectivity index (χ1v) is 6.61. The molecule has 0 bridgehead atoms. The highest BCUT2D eigenvalue weighted by molar-refractivity contribution is 5.85. The summed E-state index contributed by atoms with van der Waals surface area (Å²) in [5.74, 6) is -2.07. The molecule has 2 rings (SSSR count). The molecule has 5 heteroatoms. The van der Waals surface area contributed by atoms with Crippen molar-refractivity contribution in [2.45, 2.75) is 25.8 Å². The Labute approximate surface area is 117 Å². The summed E-state index contributed by atoms with van der Waals surface area (Å²) in [5.41, 5.74) is 1.46. The van der Waals surface area contributed by atoms with Gasteiger partial charge in [0.1, 0.15) is 0 Å². The summed E-state index contributed by atoms with van der Waals surface area (Å²) >= 11 is 0. The van der Waals surface area contributed by atoms with Gasteiger partial charge in [0.05, 0.1) is 23.5 Å². The molecule has 0 aliphatic heterocycles. The van der Waals surface area contributed by atoms with Crippen LogP contribution >= 0.6 is 0 Å². The zero-order chi connectivity index (χ0) is 14.5. The number of nitrogens with zero attached hydrogens (tertiary/aromatic N) is 1. The molecule has 104 valence electrons. The Morgan fingerprint density at radius 3 is 2.50 bits per heavy atom. The lowest BCUT2D eigenvalue weighted by atomic mass is 9.95. The fraction of sp³-hybridized carbons (Fsp3) is 0.400. The van der Waals surface area contributed by atoms with E-state index in [-0.39, 0.29) is 5.91 Å². The minimum atomic E-state index is -0.888. The second kappa shape index (κ2) is 6.20. The van der Waals surface area contributed by atoms with Gasteiger partial charge in [0.15, 0.2) is 0 Å². The van der Waals surface area contributed by atoms with E-state index in [0.29, 0.717) is 24.9 Å². The Hall–Kier alpha value is -2.35. The molecule has 1 aromatic carbocycles. The van der Waals surface area contributed by atoms with Gasteiger partial charge in [-0.05, 0) is 30.5 Å². The van der Waals surface area contributed by atoms with Crippen molar-refractivity contribution in [2.75, 3.05) is 0 Å². The topological polar surface area (TPSA) is 90.2 Å². The predicted octanol–water partition coefficient (Wildman–Crippen LogP) is 1.68. The highest BCUT2D eigenvalue weighted by Gasteiger charge is 2.37. The lowest BCUT2D eigenvalue weighted by Gasteiger charge is -2.15. The van der Waals surface area contributed by atoms with Gasteiger partial charge in [-0.15, -0.1) is 0 Å². The van der Waals surface area contributed by atoms with Gasteiger partial charge in [0.25, 0.3) is 0 Å². The third-order valence-electron chi connectivity index (χ3n) is 3.72. The third kappa shape index (κ3) is 3.15. The molecule has 2 atom stereocenters. The van der Waals surface area contributed by atoms with E-state index >= 15 is 0 Å². The zero-order valence-corrected chi connectivity index (χ0v) is 11.0. The summed E-state index contributed by atoms with van der Waals surface area (Å²) in [6, 6.07) is 8.97. The van der Waals surface area contributed by atoms with Gasteiger partial charge in [-0.3, -0.25) is 9.59 Å². The van der Waals surface area contributed by atoms with Crippen LogP contribution in [0.5, 0.6) is 0 Å². The largest absolute Gasteiger partial charge is 0.481 e. The number of aliphatic carboxylic acids is 1. The standard InChI is InChI=1S/C15H16N2O3/c16-8-10-4-6-11(7-5-10)9-17-14(18)12-2-1-3-13(12)15(19)20/h4-7,12-13H,1-3,9H2,(H,17,18)(H,19,20). The molecular weight excluding hydrogens is 256 g/mol. The molecule has 1 aliphatic carbocycles. The van der Waals surface area contributed by atoms with Crippen LogP contribution in [0.1, 0.15) is 30.4 Å². The van der Waals surface area contributed by atoms with Crippen LogP contribution < -0.4 is 5.32 Å². The van der Waals surface area contributed by atoms with Crippen molar-refractivity contribution >= 4 is 11.9 Å². The molecule has 1 aliphatic rings. The van der Waals surface area contributed by atoms with Crippen molar-refractivity contribution < 1.29 is 14.7 Å². The molecule has 0 radical (unpaired) electrons. The first-order chi connectivity index (χ1) is 9.61. The summed E-state index contributed by atoms with van der Waals surface area (Å²) in [7, 11) is 0. The van der Waals surface area contributed by atoms with Crippen LogP contribution in [-0.4, -0.2) is 17.0 Å². The molecule has 2 unspecified atom stereocenters. The van der Waals surface area contributed by atoms with E-state index in [9.17, 15) is 9.59 Å². The minimum Gasteiger partial charge on any atom is -0.481 e. The Balaban J connectivity index is 1.91. The van der Waals surface area contributed by atoms with E-state index in [1.54, 1.807) is 24.3 Å². The fourth-order valence-corrected chi connectivity index (χ4v) is 2.59. The van der Waals surface area contributed by atoms with Crippen molar-refractivity contribution in [1.29, 1.82) is 5.26 Å². The zero-order valence-electron chi connectivity index (χ0n) is 11.0. The number of nitrogens with one attached hydrogen (secondary N) is 1. The SMILES string of the molecule is N#Cc1ccc(CNC(=O)C2CCCC2C(=O)O)cc1. The summed E-state index contributed by atoms with van der Waals surface area (Å²) in [6.07, 6.45) is 1.99. The van der Waals surface area contributed by atoms with Crippen LogP contribution in [0.15, 0.2) is 24.3 Å². The smallest absolute Gasteiger partial charge is 0.307 e. The maximum absolute atomic E-state index is 12.0. The minimum absolute atomic E-state index is 0.195. The van der Waals surface area contributed by atoms with Crippen LogP contribution in [0.4, 0.5) is 0 Å². The molecule has 2 N–H and O–H groups in total. The van der Waals surface area contributed by atoms with Crippen molar-refractivity contribution in [3.05, 3.63) is 35.4 Å². The molecule has 1 fully saturated rings. The number of carbonyl (C=O) groups is 2. The first-order valence-electron chi connectivity index (χ1n) is 6.61. The summed E-state index contributed by atoms with van der Waals surface area (Å²) in [4.78, 5) is 23.1. The van der Waals surface area contributed by atoms with E-state index in [1.807, 2.05) is 6.07 Å². The summed E-state index contributed by atoms with van der Waals surface area (Å²) < 4.78 is 0. The number of carboxylic acid groups (broad SMARTS) is 1. The van der Waals surface area contributed by atoms with E-state index in [0.717, 1.165) is 12.0 Å². The number of nitriles is 1. The first kappa shape index (κ1) is 14.1. The van der Waals surface area contributed by atoms with Crippen LogP contribution in [0.25, 0.3) is 0 Å². The Morgan fingerprint density at radius 1 is 1.25 bits per heavy atom. The maximum Gasteiger partial charge on any atom is 0.307 e. The molecule has 0 spiro atoms. The lowest BCUT2D eigenvalue weighted by Crippen LogP contribution is -2.34. The van der Waals surface area contributed by atoms with Gasteiger partial charge in [0, 0.05) is 6.54 Å². The van der Waals surface area contributed by atoms with Gasteiger partial charge in [-0.25, -0.2) is 0 Å². The number of rotatable bonds is 4. The number of benzene rings is 1. The second-order valence-electron chi connectivity index (χ2n) is 5.01. The fourth-order valence-electron chi connectivity index (χ4n) is 2.59. The van der Waals surface area contributed by atoms with Crippen LogP contribution in [0.3, 0.4) is 0 Å². The molecule has 1 saturated carbocycles. The molecule has 0 saturated heterocycles. The lowest BCUT2D eigenvalue weighted by molar-refractivity contribution is -0.146. The number of carboxylic acids is 1. The quantitative estimate of drug-likeness (QED) is 0.872. The number of hydrogen-bond acceptors (Lipinski definition) is 3. The van der Waals surface area contributed by atoms with Gasteiger partial charge in [0.2, 0.25) is 5.91 Å². The van der Waals surface area contributed by atoms with Gasteiger partial charge in [-0.2, -0.15) is 5.26 Å². The predicted molar refractivity (Wildman–Crippen MR) is 71.5 cm³/mol. The van der Waals surface area contributed by atoms with Crippen LogP contribution in [-0.2, 0) is 16.1 Å². The van der Waals surface area contributed by atoms with E-state index < -0.39 is 17.8 Å². The highest BCUT2D eigenvalue weighted by atomic mass is 16.4. The molecule has 0 aromatic heterocycles. The van der Waals surface area contributed by atoms with Crippen molar-refractivity contribution in [3.63, 3.8) is 0 Å². The van der Waals surface area contributed by atoms with E-state index in [4.69, 9.17) is 10.4 Å². The van der Waals surface area contributed by atoms with Gasteiger partial charge < -0.3 is 10.4 Å². The van der Waals surface area contributed by atoms with Crippen molar-refractivity contribution in [3.8, 4) is 6.07 Å². The van der Waals surface area contributed by atoms with Gasteiger partial charge in [-0.1, -0.05) is 18.6 Å². The normalized spacial score (nSPS) is 21.1. The van der Waals surface area contributed by atoms with Crippen molar-refractivity contribution in [1.82, 2.24) is 5.32 Å². The Kier molecular flexibility index (Phi) is 4.36. The molecular formula is C15H16N2O3. The average Bonchev–Trinajstić information content (AvgIpc) is 2.95. The average molecular weight is 272 g/mol. The number of amides is 1. The number of hydrogen-bond donors (Lipinski definition) is 2. The third-order valence-corrected chi connectivity index (χ3v) is 3.72. The van der Waals surface area contributed by atoms with E-state index in [2.05, 4.69) is 5.32 Å². The highest BCUT2D eigenvalue weighted by Crippen LogP contribution is 2.32. The number of carbonyl (C=O) groups excluding carboxylic acids is 1. The van der Waals surface area contributed by atoms with Gasteiger partial charge >= 0.3 is 5.97 Å². The van der Waals surface area contributed by atoms with Crippen molar-refractivity contribution in [2.24, 2.45) is 11.8 Å². The van der Waals surface area contributed by atoms with Crippen LogP contribution in [0, 0.1) is 23.2 Å². The summed E-state index contributed by atoms with van der Waals surface area (Å²) in [5, 5.41) is 20.5. The summed E-state index contributed by atoms with van der Waals surface area (Å²) in [6.45, 7) is 0.355. The van der Waals surface area contributed by atoms with E-state index in [1.165, 1.54) is 0 Å². The maximum atomic E-state index is 12.0. The molecule has 0 heterocycles. The van der Waals surface area contributed by atoms with Crippen LogP contribution in [0.2, 0.25) is 0 Å². The molecule has 1 aromatic rings. The molecule has 1 amide bonds. The second-order valence-corrected chi connectivity index (χ2v) is 5.01. The Bertz CT molecular complexity index is 545. The Morgan fingerprint density at radius 2 is 1.90 bits per heavy atom. The monoisotopic (exact) mass is 272 g/mol. The molecule has 5 nitrogen and oxygen atoms in total. The molecule has 20 heavy (non-hydrogen) atoms.